The first-order valence-electron chi connectivity index (χ1n) is 6.36. The van der Waals surface area contributed by atoms with E-state index < -0.39 is 11.4 Å². The third-order valence-corrected chi connectivity index (χ3v) is 4.15. The molecule has 1 aliphatic rings. The fraction of sp³-hybridized carbons (Fsp3) is 0.533. The van der Waals surface area contributed by atoms with E-state index in [0.717, 1.165) is 41.7 Å². The number of hydrogen-bond acceptors (Lipinski definition) is 2. The highest BCUT2D eigenvalue weighted by molar-refractivity contribution is 5.76. The summed E-state index contributed by atoms with van der Waals surface area (Å²) in [5.41, 5.74) is 2.80. The van der Waals surface area contributed by atoms with E-state index >= 15 is 0 Å². The van der Waals surface area contributed by atoms with Gasteiger partial charge in [-0.2, -0.15) is 0 Å². The van der Waals surface area contributed by atoms with Crippen LogP contribution in [-0.4, -0.2) is 18.2 Å². The van der Waals surface area contributed by atoms with Crippen LogP contribution < -0.4 is 4.74 Å². The van der Waals surface area contributed by atoms with E-state index in [4.69, 9.17) is 4.74 Å². The van der Waals surface area contributed by atoms with Gasteiger partial charge in [0.1, 0.15) is 5.75 Å². The standard InChI is InChI=1S/C15H20O3/c1-10-8-13(18-3)11(2)7-12(10)9-15(14(16)17)5-4-6-15/h7-8H,4-6,9H2,1-3H3,(H,16,17). The summed E-state index contributed by atoms with van der Waals surface area (Å²) in [6, 6.07) is 4.07. The lowest BCUT2D eigenvalue weighted by Crippen LogP contribution is -2.40. The smallest absolute Gasteiger partial charge is 0.309 e. The van der Waals surface area contributed by atoms with Crippen LogP contribution in [0.2, 0.25) is 0 Å². The first-order chi connectivity index (χ1) is 8.48. The molecule has 0 heterocycles. The van der Waals surface area contributed by atoms with Gasteiger partial charge in [-0.1, -0.05) is 12.5 Å². The zero-order valence-corrected chi connectivity index (χ0v) is 11.2. The van der Waals surface area contributed by atoms with E-state index in [0.29, 0.717) is 6.42 Å². The molecule has 0 saturated heterocycles. The van der Waals surface area contributed by atoms with Crippen LogP contribution >= 0.6 is 0 Å². The number of carboxylic acids is 1. The molecule has 1 fully saturated rings. The second-order valence-electron chi connectivity index (χ2n) is 5.36. The van der Waals surface area contributed by atoms with E-state index in [9.17, 15) is 9.90 Å². The second kappa shape index (κ2) is 4.63. The summed E-state index contributed by atoms with van der Waals surface area (Å²) in [6.07, 6.45) is 3.26. The molecule has 98 valence electrons. The molecular weight excluding hydrogens is 228 g/mol. The Morgan fingerprint density at radius 3 is 2.44 bits per heavy atom. The number of ether oxygens (including phenoxy) is 1. The number of aliphatic carboxylic acids is 1. The van der Waals surface area contributed by atoms with E-state index in [1.165, 1.54) is 0 Å². The van der Waals surface area contributed by atoms with Crippen molar-refractivity contribution in [1.29, 1.82) is 0 Å². The van der Waals surface area contributed by atoms with Gasteiger partial charge in [0.2, 0.25) is 0 Å². The Morgan fingerprint density at radius 2 is 2.00 bits per heavy atom. The highest BCUT2D eigenvalue weighted by Gasteiger charge is 2.44. The maximum Gasteiger partial charge on any atom is 0.309 e. The van der Waals surface area contributed by atoms with Crippen LogP contribution in [0.15, 0.2) is 12.1 Å². The molecular formula is C15H20O3. The van der Waals surface area contributed by atoms with Crippen molar-refractivity contribution in [3.8, 4) is 5.75 Å². The molecule has 0 spiro atoms. The number of aryl methyl sites for hydroxylation is 2. The highest BCUT2D eigenvalue weighted by atomic mass is 16.5. The molecule has 3 nitrogen and oxygen atoms in total. The molecule has 1 N–H and O–H groups in total. The maximum atomic E-state index is 11.4. The minimum atomic E-state index is -0.651. The van der Waals surface area contributed by atoms with Crippen molar-refractivity contribution < 1.29 is 14.6 Å². The molecule has 1 aromatic carbocycles. The van der Waals surface area contributed by atoms with Gasteiger partial charge < -0.3 is 9.84 Å². The van der Waals surface area contributed by atoms with Crippen molar-refractivity contribution in [1.82, 2.24) is 0 Å². The number of rotatable bonds is 4. The van der Waals surface area contributed by atoms with E-state index in [2.05, 4.69) is 6.07 Å². The van der Waals surface area contributed by atoms with Crippen LogP contribution in [0.25, 0.3) is 0 Å². The van der Waals surface area contributed by atoms with Crippen molar-refractivity contribution in [2.45, 2.75) is 39.5 Å². The Kier molecular flexibility index (Phi) is 3.33. The van der Waals surface area contributed by atoms with Gasteiger partial charge >= 0.3 is 5.97 Å². The van der Waals surface area contributed by atoms with Crippen LogP contribution in [-0.2, 0) is 11.2 Å². The van der Waals surface area contributed by atoms with Crippen LogP contribution in [0, 0.1) is 19.3 Å². The lowest BCUT2D eigenvalue weighted by Gasteiger charge is -2.38. The number of carboxylic acid groups (broad SMARTS) is 1. The normalized spacial score (nSPS) is 17.1. The molecule has 0 aromatic heterocycles. The molecule has 0 radical (unpaired) electrons. The van der Waals surface area contributed by atoms with Crippen LogP contribution in [0.3, 0.4) is 0 Å². The van der Waals surface area contributed by atoms with Crippen molar-refractivity contribution in [3.05, 3.63) is 28.8 Å². The molecule has 0 aliphatic heterocycles. The first-order valence-corrected chi connectivity index (χ1v) is 6.36. The molecule has 0 unspecified atom stereocenters. The predicted molar refractivity (Wildman–Crippen MR) is 70.1 cm³/mol. The Morgan fingerprint density at radius 1 is 1.33 bits per heavy atom. The molecule has 3 heteroatoms. The first kappa shape index (κ1) is 12.9. The van der Waals surface area contributed by atoms with Gasteiger partial charge in [0.15, 0.2) is 0 Å². The zero-order valence-electron chi connectivity index (χ0n) is 11.2. The average molecular weight is 248 g/mol. The molecule has 1 saturated carbocycles. The SMILES string of the molecule is COc1cc(C)c(CC2(C(=O)O)CCC2)cc1C. The van der Waals surface area contributed by atoms with E-state index in [1.807, 2.05) is 19.9 Å². The molecule has 2 rings (SSSR count). The second-order valence-corrected chi connectivity index (χ2v) is 5.36. The molecule has 1 aromatic rings. The van der Waals surface area contributed by atoms with E-state index in [-0.39, 0.29) is 0 Å². The maximum absolute atomic E-state index is 11.4. The van der Waals surface area contributed by atoms with Crippen molar-refractivity contribution in [2.75, 3.05) is 7.11 Å². The monoisotopic (exact) mass is 248 g/mol. The van der Waals surface area contributed by atoms with Gasteiger partial charge in [-0.05, 0) is 55.9 Å². The average Bonchev–Trinajstić information content (AvgIpc) is 2.26. The summed E-state index contributed by atoms with van der Waals surface area (Å²) in [6.45, 7) is 4.02. The van der Waals surface area contributed by atoms with Crippen LogP contribution in [0.4, 0.5) is 0 Å². The Balaban J connectivity index is 2.29. The summed E-state index contributed by atoms with van der Waals surface area (Å²) in [5, 5.41) is 9.38. The van der Waals surface area contributed by atoms with Gasteiger partial charge in [-0.15, -0.1) is 0 Å². The molecule has 0 atom stereocenters. The summed E-state index contributed by atoms with van der Waals surface area (Å²) in [4.78, 5) is 11.4. The van der Waals surface area contributed by atoms with Gasteiger partial charge in [0.05, 0.1) is 12.5 Å². The minimum absolute atomic E-state index is 0.522. The number of carbonyl (C=O) groups is 1. The fourth-order valence-corrected chi connectivity index (χ4v) is 2.69. The number of benzene rings is 1. The van der Waals surface area contributed by atoms with Crippen molar-refractivity contribution in [2.24, 2.45) is 5.41 Å². The zero-order chi connectivity index (χ0) is 13.3. The van der Waals surface area contributed by atoms with Crippen LogP contribution in [0.1, 0.15) is 36.0 Å². The lowest BCUT2D eigenvalue weighted by molar-refractivity contribution is -0.154. The Bertz CT molecular complexity index is 473. The van der Waals surface area contributed by atoms with Crippen molar-refractivity contribution in [3.63, 3.8) is 0 Å². The summed E-state index contributed by atoms with van der Waals surface area (Å²) in [7, 11) is 1.66. The van der Waals surface area contributed by atoms with Crippen molar-refractivity contribution >= 4 is 5.97 Å². The van der Waals surface area contributed by atoms with Gasteiger partial charge in [-0.3, -0.25) is 4.79 Å². The quantitative estimate of drug-likeness (QED) is 0.890. The highest BCUT2D eigenvalue weighted by Crippen LogP contribution is 2.44. The van der Waals surface area contributed by atoms with Gasteiger partial charge in [0.25, 0.3) is 0 Å². The third-order valence-electron chi connectivity index (χ3n) is 4.15. The molecule has 18 heavy (non-hydrogen) atoms. The van der Waals surface area contributed by atoms with E-state index in [1.54, 1.807) is 7.11 Å². The largest absolute Gasteiger partial charge is 0.496 e. The topological polar surface area (TPSA) is 46.5 Å². The summed E-state index contributed by atoms with van der Waals surface area (Å²) < 4.78 is 5.28. The van der Waals surface area contributed by atoms with Gasteiger partial charge in [-0.25, -0.2) is 0 Å². The molecule has 0 amide bonds. The van der Waals surface area contributed by atoms with Crippen LogP contribution in [0.5, 0.6) is 5.75 Å². The Hall–Kier alpha value is -1.51. The Labute approximate surface area is 108 Å². The summed E-state index contributed by atoms with van der Waals surface area (Å²) in [5.74, 6) is 0.218. The molecule has 1 aliphatic carbocycles. The number of hydrogen-bond donors (Lipinski definition) is 1. The minimum Gasteiger partial charge on any atom is -0.496 e. The molecule has 0 bridgehead atoms. The predicted octanol–water partition coefficient (Wildman–Crippen LogP) is 3.11. The third kappa shape index (κ3) is 2.09. The fourth-order valence-electron chi connectivity index (χ4n) is 2.69. The summed E-state index contributed by atoms with van der Waals surface area (Å²) >= 11 is 0. The lowest BCUT2D eigenvalue weighted by atomic mass is 9.65. The van der Waals surface area contributed by atoms with Gasteiger partial charge in [0, 0.05) is 0 Å². The number of methoxy groups -OCH3 is 1.